The van der Waals surface area contributed by atoms with E-state index in [1.165, 1.54) is 0 Å². The van der Waals surface area contributed by atoms with Crippen LogP contribution in [-0.2, 0) is 16.0 Å². The third-order valence-electron chi connectivity index (χ3n) is 5.41. The zero-order valence-electron chi connectivity index (χ0n) is 13.1. The highest BCUT2D eigenvalue weighted by molar-refractivity contribution is 5.83. The Morgan fingerprint density at radius 2 is 1.73 bits per heavy atom. The van der Waals surface area contributed by atoms with Gasteiger partial charge in [0.25, 0.3) is 0 Å². The zero-order valence-corrected chi connectivity index (χ0v) is 13.1. The van der Waals surface area contributed by atoms with Crippen LogP contribution in [0.4, 0.5) is 0 Å². The van der Waals surface area contributed by atoms with E-state index in [4.69, 9.17) is 0 Å². The van der Waals surface area contributed by atoms with Crippen molar-refractivity contribution >= 4 is 11.9 Å². The van der Waals surface area contributed by atoms with Crippen molar-refractivity contribution in [1.82, 2.24) is 5.32 Å². The Balaban J connectivity index is 2.49. The van der Waals surface area contributed by atoms with Crippen molar-refractivity contribution in [2.24, 2.45) is 11.3 Å². The Labute approximate surface area is 130 Å². The molecular formula is C17H21NO4-2. The molecule has 4 atom stereocenters. The van der Waals surface area contributed by atoms with Gasteiger partial charge in [-0.1, -0.05) is 44.2 Å². The van der Waals surface area contributed by atoms with Gasteiger partial charge in [-0.2, -0.15) is 0 Å². The Morgan fingerprint density at radius 1 is 1.14 bits per heavy atom. The van der Waals surface area contributed by atoms with Crippen molar-refractivity contribution in [3.8, 4) is 0 Å². The maximum Gasteiger partial charge on any atom is 0.0660 e. The van der Waals surface area contributed by atoms with Crippen molar-refractivity contribution < 1.29 is 19.8 Å². The monoisotopic (exact) mass is 303 g/mol. The van der Waals surface area contributed by atoms with E-state index in [0.29, 0.717) is 6.42 Å². The van der Waals surface area contributed by atoms with Crippen LogP contribution < -0.4 is 15.5 Å². The first-order valence-electron chi connectivity index (χ1n) is 7.55. The molecule has 0 saturated carbocycles. The minimum atomic E-state index is -1.42. The quantitative estimate of drug-likeness (QED) is 0.791. The van der Waals surface area contributed by atoms with Crippen molar-refractivity contribution in [1.29, 1.82) is 0 Å². The Kier molecular flexibility index (Phi) is 4.29. The lowest BCUT2D eigenvalue weighted by atomic mass is 9.65. The summed E-state index contributed by atoms with van der Waals surface area (Å²) in [5, 5.41) is 26.7. The smallest absolute Gasteiger partial charge is 0.0660 e. The molecule has 1 aliphatic rings. The highest BCUT2D eigenvalue weighted by Crippen LogP contribution is 2.48. The second kappa shape index (κ2) is 5.72. The van der Waals surface area contributed by atoms with Crippen LogP contribution in [-0.4, -0.2) is 23.5 Å². The predicted molar refractivity (Wildman–Crippen MR) is 77.4 cm³/mol. The average molecular weight is 303 g/mol. The van der Waals surface area contributed by atoms with E-state index < -0.39 is 34.9 Å². The topological polar surface area (TPSA) is 92.3 Å². The first-order valence-corrected chi connectivity index (χ1v) is 7.55. The molecule has 1 aromatic carbocycles. The molecular weight excluding hydrogens is 282 g/mol. The molecule has 22 heavy (non-hydrogen) atoms. The standard InChI is InChI=1S/C17H23NO4/c1-4-16(14(19)20)11(2)17(15(21)22,18-12(16)3)10-13-8-6-5-7-9-13/h5-9,11-12,18H,4,10H2,1-3H3,(H,19,20)(H,21,22)/p-2. The molecule has 1 aromatic rings. The predicted octanol–water partition coefficient (Wildman–Crippen LogP) is -0.508. The maximum absolute atomic E-state index is 11.9. The summed E-state index contributed by atoms with van der Waals surface area (Å²) in [5.74, 6) is -3.14. The minimum Gasteiger partial charge on any atom is -0.549 e. The highest BCUT2D eigenvalue weighted by atomic mass is 16.4. The van der Waals surface area contributed by atoms with E-state index in [1.54, 1.807) is 20.8 Å². The molecule has 1 fully saturated rings. The molecule has 0 aromatic heterocycles. The van der Waals surface area contributed by atoms with Crippen molar-refractivity contribution in [2.75, 3.05) is 0 Å². The van der Waals surface area contributed by atoms with E-state index in [1.807, 2.05) is 30.3 Å². The Morgan fingerprint density at radius 3 is 2.14 bits per heavy atom. The first kappa shape index (κ1) is 16.5. The van der Waals surface area contributed by atoms with Gasteiger partial charge in [0.2, 0.25) is 0 Å². The van der Waals surface area contributed by atoms with Crippen LogP contribution in [0.5, 0.6) is 0 Å². The molecule has 1 heterocycles. The van der Waals surface area contributed by atoms with Crippen LogP contribution >= 0.6 is 0 Å². The number of carboxylic acids is 2. The molecule has 1 saturated heterocycles. The number of carboxylic acid groups (broad SMARTS) is 2. The van der Waals surface area contributed by atoms with E-state index >= 15 is 0 Å². The SMILES string of the molecule is CCC1(C(=O)[O-])C(C)NC(Cc2ccccc2)(C(=O)[O-])C1C. The molecule has 1 N–H and O–H groups in total. The molecule has 5 nitrogen and oxygen atoms in total. The minimum absolute atomic E-state index is 0.177. The number of aliphatic carboxylic acids is 2. The van der Waals surface area contributed by atoms with Crippen LogP contribution in [0.2, 0.25) is 0 Å². The van der Waals surface area contributed by atoms with Gasteiger partial charge in [-0.3, -0.25) is 0 Å². The van der Waals surface area contributed by atoms with Gasteiger partial charge in [0.15, 0.2) is 0 Å². The number of nitrogens with one attached hydrogen (secondary N) is 1. The Hall–Kier alpha value is -1.88. The third-order valence-corrected chi connectivity index (χ3v) is 5.41. The van der Waals surface area contributed by atoms with Gasteiger partial charge >= 0.3 is 0 Å². The molecule has 0 bridgehead atoms. The maximum atomic E-state index is 11.9. The zero-order chi connectivity index (χ0) is 16.5. The van der Waals surface area contributed by atoms with Gasteiger partial charge in [-0.15, -0.1) is 0 Å². The fourth-order valence-corrected chi connectivity index (χ4v) is 3.99. The molecule has 2 rings (SSSR count). The molecule has 0 radical (unpaired) electrons. The van der Waals surface area contributed by atoms with Gasteiger partial charge in [-0.05, 0) is 31.2 Å². The van der Waals surface area contributed by atoms with Crippen molar-refractivity contribution in [2.45, 2.75) is 45.2 Å². The molecule has 0 amide bonds. The lowest BCUT2D eigenvalue weighted by molar-refractivity contribution is -0.324. The second-order valence-corrected chi connectivity index (χ2v) is 6.19. The van der Waals surface area contributed by atoms with E-state index in [2.05, 4.69) is 5.32 Å². The summed E-state index contributed by atoms with van der Waals surface area (Å²) in [7, 11) is 0. The number of carbonyl (C=O) groups excluding carboxylic acids is 2. The van der Waals surface area contributed by atoms with Crippen molar-refractivity contribution in [3.63, 3.8) is 0 Å². The van der Waals surface area contributed by atoms with Gasteiger partial charge in [-0.25, -0.2) is 0 Å². The lowest BCUT2D eigenvalue weighted by Gasteiger charge is -2.42. The number of rotatable bonds is 5. The van der Waals surface area contributed by atoms with E-state index in [9.17, 15) is 19.8 Å². The highest BCUT2D eigenvalue weighted by Gasteiger charge is 2.59. The molecule has 1 aliphatic heterocycles. The number of hydrogen-bond acceptors (Lipinski definition) is 5. The van der Waals surface area contributed by atoms with E-state index in [-0.39, 0.29) is 6.42 Å². The third kappa shape index (κ3) is 2.20. The van der Waals surface area contributed by atoms with Gasteiger partial charge in [0, 0.05) is 17.4 Å². The van der Waals surface area contributed by atoms with Crippen LogP contribution in [0.1, 0.15) is 32.8 Å². The van der Waals surface area contributed by atoms with Gasteiger partial charge < -0.3 is 25.1 Å². The van der Waals surface area contributed by atoms with Crippen molar-refractivity contribution in [3.05, 3.63) is 35.9 Å². The van der Waals surface area contributed by atoms with Crippen LogP contribution in [0.25, 0.3) is 0 Å². The largest absolute Gasteiger partial charge is 0.549 e. The summed E-state index contributed by atoms with van der Waals surface area (Å²) < 4.78 is 0. The fourth-order valence-electron chi connectivity index (χ4n) is 3.99. The molecule has 0 aliphatic carbocycles. The molecule has 4 unspecified atom stereocenters. The van der Waals surface area contributed by atoms with Gasteiger partial charge in [0.1, 0.15) is 0 Å². The second-order valence-electron chi connectivity index (χ2n) is 6.19. The fraction of sp³-hybridized carbons (Fsp3) is 0.529. The lowest BCUT2D eigenvalue weighted by Crippen LogP contribution is -2.61. The summed E-state index contributed by atoms with van der Waals surface area (Å²) in [5.41, 5.74) is -1.82. The summed E-state index contributed by atoms with van der Waals surface area (Å²) in [6.45, 7) is 5.11. The number of carbonyl (C=O) groups is 2. The van der Waals surface area contributed by atoms with Crippen LogP contribution in [0.15, 0.2) is 30.3 Å². The molecule has 5 heteroatoms. The number of hydrogen-bond donors (Lipinski definition) is 1. The summed E-state index contributed by atoms with van der Waals surface area (Å²) in [6.07, 6.45) is 0.477. The molecule has 0 spiro atoms. The summed E-state index contributed by atoms with van der Waals surface area (Å²) >= 11 is 0. The molecule has 120 valence electrons. The Bertz CT molecular complexity index is 573. The van der Waals surface area contributed by atoms with Gasteiger partial charge in [0.05, 0.1) is 11.5 Å². The summed E-state index contributed by atoms with van der Waals surface area (Å²) in [4.78, 5) is 23.7. The van der Waals surface area contributed by atoms with Crippen LogP contribution in [0, 0.1) is 11.3 Å². The summed E-state index contributed by atoms with van der Waals surface area (Å²) in [6, 6.07) is 8.64. The number of benzene rings is 1. The first-order chi connectivity index (χ1) is 10.3. The van der Waals surface area contributed by atoms with E-state index in [0.717, 1.165) is 5.56 Å². The normalized spacial score (nSPS) is 34.5. The van der Waals surface area contributed by atoms with Crippen LogP contribution in [0.3, 0.4) is 0 Å². The average Bonchev–Trinajstić information content (AvgIpc) is 2.69.